The molecule has 10 heteroatoms. The summed E-state index contributed by atoms with van der Waals surface area (Å²) in [5, 5.41) is 3.21. The van der Waals surface area contributed by atoms with E-state index in [1.54, 1.807) is 36.4 Å². The third kappa shape index (κ3) is 7.82. The van der Waals surface area contributed by atoms with Crippen LogP contribution in [0.15, 0.2) is 108 Å². The van der Waals surface area contributed by atoms with Gasteiger partial charge in [-0.1, -0.05) is 91.2 Å². The van der Waals surface area contributed by atoms with Gasteiger partial charge >= 0.3 is 0 Å². The molecule has 0 aromatic heterocycles. The van der Waals surface area contributed by atoms with Gasteiger partial charge in [0.15, 0.2) is 11.5 Å². The van der Waals surface area contributed by atoms with Crippen molar-refractivity contribution in [2.45, 2.75) is 62.6 Å². The molecule has 2 amide bonds. The minimum absolute atomic E-state index is 0.0396. The number of nitrogens with one attached hydrogen (secondary N) is 1. The lowest BCUT2D eigenvalue weighted by Crippen LogP contribution is -2.54. The summed E-state index contributed by atoms with van der Waals surface area (Å²) in [6.07, 6.45) is 4.14. The summed E-state index contributed by atoms with van der Waals surface area (Å²) in [5.41, 5.74) is 3.00. The fourth-order valence-corrected chi connectivity index (χ4v) is 7.79. The van der Waals surface area contributed by atoms with Gasteiger partial charge in [0.25, 0.3) is 10.0 Å². The maximum Gasteiger partial charge on any atom is 0.264 e. The topological polar surface area (TPSA) is 105 Å². The van der Waals surface area contributed by atoms with Gasteiger partial charge in [0.2, 0.25) is 11.8 Å². The standard InChI is InChI=1S/C38H41N3O6S/c1-28-11-10-14-30(23-28)26-40(34(24-29-12-4-2-5-13-29)38(43)39-31-15-8-9-16-31)37(42)27-41(48(44,45)33-17-6-3-7-18-33)32-19-20-35-36(25-32)47-22-21-46-35/h2-7,10-14,17-20,23,25,31,34H,8-9,15-16,21-22,24,26-27H2,1H3,(H,39,43)/t34-/m0/s1. The Labute approximate surface area is 282 Å². The zero-order valence-corrected chi connectivity index (χ0v) is 27.9. The first kappa shape index (κ1) is 33.1. The molecule has 1 saturated carbocycles. The maximum absolute atomic E-state index is 14.7. The normalized spacial score (nSPS) is 15.0. The molecule has 1 atom stereocenters. The van der Waals surface area contributed by atoms with Gasteiger partial charge in [-0.25, -0.2) is 8.42 Å². The zero-order chi connectivity index (χ0) is 33.5. The van der Waals surface area contributed by atoms with Crippen molar-refractivity contribution in [1.29, 1.82) is 0 Å². The van der Waals surface area contributed by atoms with Gasteiger partial charge in [-0.15, -0.1) is 0 Å². The van der Waals surface area contributed by atoms with Crippen molar-refractivity contribution in [1.82, 2.24) is 10.2 Å². The highest BCUT2D eigenvalue weighted by molar-refractivity contribution is 7.92. The fraction of sp³-hybridized carbons (Fsp3) is 0.316. The minimum Gasteiger partial charge on any atom is -0.486 e. The van der Waals surface area contributed by atoms with E-state index in [2.05, 4.69) is 5.32 Å². The van der Waals surface area contributed by atoms with Gasteiger partial charge in [0.05, 0.1) is 10.6 Å². The Morgan fingerprint density at radius 2 is 1.48 bits per heavy atom. The smallest absolute Gasteiger partial charge is 0.264 e. The van der Waals surface area contributed by atoms with Gasteiger partial charge in [0.1, 0.15) is 25.8 Å². The van der Waals surface area contributed by atoms with Crippen LogP contribution in [-0.4, -0.2) is 57.0 Å². The van der Waals surface area contributed by atoms with E-state index in [9.17, 15) is 18.0 Å². The Bertz CT molecular complexity index is 1830. The van der Waals surface area contributed by atoms with Crippen molar-refractivity contribution in [3.63, 3.8) is 0 Å². The van der Waals surface area contributed by atoms with Crippen molar-refractivity contribution in [3.05, 3.63) is 120 Å². The lowest BCUT2D eigenvalue weighted by Gasteiger charge is -2.34. The molecule has 9 nitrogen and oxygen atoms in total. The monoisotopic (exact) mass is 667 g/mol. The predicted molar refractivity (Wildman–Crippen MR) is 184 cm³/mol. The molecule has 0 bridgehead atoms. The van der Waals surface area contributed by atoms with Crippen LogP contribution < -0.4 is 19.1 Å². The van der Waals surface area contributed by atoms with E-state index in [1.165, 1.54) is 17.0 Å². The number of fused-ring (bicyclic) bond motifs is 1. The second-order valence-corrected chi connectivity index (χ2v) is 14.2. The molecule has 1 heterocycles. The van der Waals surface area contributed by atoms with Gasteiger partial charge in [0, 0.05) is 25.1 Å². The molecule has 250 valence electrons. The van der Waals surface area contributed by atoms with Gasteiger partial charge < -0.3 is 19.7 Å². The Morgan fingerprint density at radius 1 is 0.812 bits per heavy atom. The highest BCUT2D eigenvalue weighted by Crippen LogP contribution is 2.36. The lowest BCUT2D eigenvalue weighted by atomic mass is 10.0. The van der Waals surface area contributed by atoms with E-state index in [-0.39, 0.29) is 35.5 Å². The number of carbonyl (C=O) groups excluding carboxylic acids is 2. The summed E-state index contributed by atoms with van der Waals surface area (Å²) in [5.74, 6) is 0.145. The Kier molecular flexibility index (Phi) is 10.3. The summed E-state index contributed by atoms with van der Waals surface area (Å²) in [7, 11) is -4.22. The summed E-state index contributed by atoms with van der Waals surface area (Å²) in [4.78, 5) is 30.5. The van der Waals surface area contributed by atoms with E-state index in [1.807, 2.05) is 61.5 Å². The second kappa shape index (κ2) is 14.9. The van der Waals surface area contributed by atoms with Gasteiger partial charge in [-0.2, -0.15) is 0 Å². The van der Waals surface area contributed by atoms with E-state index in [0.717, 1.165) is 46.7 Å². The Morgan fingerprint density at radius 3 is 2.19 bits per heavy atom. The van der Waals surface area contributed by atoms with E-state index in [0.29, 0.717) is 24.7 Å². The average Bonchev–Trinajstić information content (AvgIpc) is 3.62. The first-order valence-electron chi connectivity index (χ1n) is 16.4. The molecule has 0 spiro atoms. The second-order valence-electron chi connectivity index (χ2n) is 12.4. The van der Waals surface area contributed by atoms with E-state index in [4.69, 9.17) is 9.47 Å². The highest BCUT2D eigenvalue weighted by Gasteiger charge is 2.36. The summed E-state index contributed by atoms with van der Waals surface area (Å²) in [6.45, 7) is 2.26. The molecule has 1 fully saturated rings. The molecule has 6 rings (SSSR count). The van der Waals surface area contributed by atoms with Crippen LogP contribution in [0.1, 0.15) is 42.4 Å². The summed E-state index contributed by atoms with van der Waals surface area (Å²) >= 11 is 0. The van der Waals surface area contributed by atoms with Crippen LogP contribution in [-0.2, 0) is 32.6 Å². The summed E-state index contributed by atoms with van der Waals surface area (Å²) in [6, 6.07) is 29.4. The molecule has 1 aliphatic heterocycles. The number of amides is 2. The van der Waals surface area contributed by atoms with Crippen LogP contribution in [0.2, 0.25) is 0 Å². The van der Waals surface area contributed by atoms with Crippen LogP contribution in [0.3, 0.4) is 0 Å². The van der Waals surface area contributed by atoms with Crippen LogP contribution in [0.4, 0.5) is 5.69 Å². The van der Waals surface area contributed by atoms with Crippen LogP contribution in [0, 0.1) is 6.92 Å². The molecule has 48 heavy (non-hydrogen) atoms. The number of carbonyl (C=O) groups is 2. The fourth-order valence-electron chi connectivity index (χ4n) is 6.36. The number of anilines is 1. The number of aryl methyl sites for hydroxylation is 1. The molecule has 2 aliphatic rings. The quantitative estimate of drug-likeness (QED) is 0.209. The van der Waals surface area contributed by atoms with E-state index < -0.39 is 28.5 Å². The molecule has 0 saturated heterocycles. The summed E-state index contributed by atoms with van der Waals surface area (Å²) < 4.78 is 41.1. The van der Waals surface area contributed by atoms with Crippen molar-refractivity contribution >= 4 is 27.5 Å². The Hall–Kier alpha value is -4.83. The average molecular weight is 668 g/mol. The number of rotatable bonds is 12. The van der Waals surface area contributed by atoms with Crippen molar-refractivity contribution in [3.8, 4) is 11.5 Å². The molecule has 4 aromatic rings. The third-order valence-corrected chi connectivity index (χ3v) is 10.6. The SMILES string of the molecule is Cc1cccc(CN(C(=O)CN(c2ccc3c(c2)OCCO3)S(=O)(=O)c2ccccc2)[C@@H](Cc2ccccc2)C(=O)NC2CCCC2)c1. The number of ether oxygens (including phenoxy) is 2. The van der Waals surface area contributed by atoms with Crippen molar-refractivity contribution in [2.75, 3.05) is 24.1 Å². The molecular weight excluding hydrogens is 627 g/mol. The number of hydrogen-bond acceptors (Lipinski definition) is 6. The molecule has 1 N–H and O–H groups in total. The van der Waals surface area contributed by atoms with Gasteiger partial charge in [-0.05, 0) is 55.2 Å². The lowest BCUT2D eigenvalue weighted by molar-refractivity contribution is -0.140. The van der Waals surface area contributed by atoms with Crippen LogP contribution in [0.25, 0.3) is 0 Å². The third-order valence-electron chi connectivity index (χ3n) is 8.83. The maximum atomic E-state index is 14.7. The molecule has 4 aromatic carbocycles. The number of sulfonamides is 1. The first-order valence-corrected chi connectivity index (χ1v) is 17.9. The first-order chi connectivity index (χ1) is 23.3. The number of benzene rings is 4. The van der Waals surface area contributed by atoms with Crippen LogP contribution in [0.5, 0.6) is 11.5 Å². The molecule has 0 unspecified atom stereocenters. The minimum atomic E-state index is -4.22. The predicted octanol–water partition coefficient (Wildman–Crippen LogP) is 5.66. The number of nitrogens with zero attached hydrogens (tertiary/aromatic N) is 2. The van der Waals surface area contributed by atoms with E-state index >= 15 is 0 Å². The Balaban J connectivity index is 1.41. The number of hydrogen-bond donors (Lipinski definition) is 1. The molecule has 1 aliphatic carbocycles. The van der Waals surface area contributed by atoms with Crippen molar-refractivity contribution < 1.29 is 27.5 Å². The largest absolute Gasteiger partial charge is 0.486 e. The highest BCUT2D eigenvalue weighted by atomic mass is 32.2. The van der Waals surface area contributed by atoms with Crippen molar-refractivity contribution in [2.24, 2.45) is 0 Å². The molecule has 0 radical (unpaired) electrons. The van der Waals surface area contributed by atoms with Crippen LogP contribution >= 0.6 is 0 Å². The molecular formula is C38H41N3O6S. The zero-order valence-electron chi connectivity index (χ0n) is 27.1. The van der Waals surface area contributed by atoms with Gasteiger partial charge in [-0.3, -0.25) is 13.9 Å².